The molecule has 2 aromatic rings. The van der Waals surface area contributed by atoms with Crippen LogP contribution in [0.15, 0.2) is 30.9 Å². The van der Waals surface area contributed by atoms with E-state index in [0.29, 0.717) is 16.8 Å². The van der Waals surface area contributed by atoms with Crippen LogP contribution in [0.3, 0.4) is 0 Å². The number of carbonyl (C=O) groups excluding carboxylic acids is 1. The average molecular weight is 265 g/mol. The molecule has 18 heavy (non-hydrogen) atoms. The molecule has 2 heterocycles. The number of urea groups is 1. The first-order chi connectivity index (χ1) is 8.74. The molecule has 7 nitrogen and oxygen atoms in total. The maximum atomic E-state index is 11.5. The molecule has 2 rings (SSSR count). The Balaban J connectivity index is 1.85. The van der Waals surface area contributed by atoms with Crippen LogP contribution >= 0.6 is 11.6 Å². The molecule has 2 N–H and O–H groups in total. The van der Waals surface area contributed by atoms with Crippen molar-refractivity contribution in [3.63, 3.8) is 0 Å². The molecule has 92 valence electrons. The average Bonchev–Trinajstić information content (AvgIpc) is 2.38. The summed E-state index contributed by atoms with van der Waals surface area (Å²) in [6.07, 6.45) is 4.40. The van der Waals surface area contributed by atoms with Crippen LogP contribution in [0.1, 0.15) is 5.82 Å². The molecule has 0 spiro atoms. The summed E-state index contributed by atoms with van der Waals surface area (Å²) in [6.45, 7) is 0.178. The number of rotatable bonds is 3. The number of hydrogen-bond donors (Lipinski definition) is 2. The number of halogens is 1. The predicted octanol–water partition coefficient (Wildman–Crippen LogP) is 1.24. The van der Waals surface area contributed by atoms with E-state index in [9.17, 15) is 4.79 Å². The number of carbonyl (C=O) groups is 1. The lowest BCUT2D eigenvalue weighted by Gasteiger charge is -2.05. The molecule has 0 aliphatic heterocycles. The predicted molar refractivity (Wildman–Crippen MR) is 64.9 cm³/mol. The Morgan fingerprint density at radius 1 is 1.28 bits per heavy atom. The zero-order valence-corrected chi connectivity index (χ0v) is 9.92. The smallest absolute Gasteiger partial charge is 0.320 e. The lowest BCUT2D eigenvalue weighted by molar-refractivity contribution is 0.251. The van der Waals surface area contributed by atoms with Gasteiger partial charge in [0.1, 0.15) is 23.1 Å². The summed E-state index contributed by atoms with van der Waals surface area (Å²) in [5.74, 6) is 0.842. The summed E-state index contributed by atoms with van der Waals surface area (Å²) >= 11 is 5.69. The van der Waals surface area contributed by atoms with Gasteiger partial charge in [-0.1, -0.05) is 11.6 Å². The van der Waals surface area contributed by atoms with Crippen molar-refractivity contribution in [2.75, 3.05) is 5.32 Å². The SMILES string of the molecule is O=C(NCc1nccc(Cl)n1)Nc1ccncn1. The minimum atomic E-state index is -0.405. The molecule has 2 aromatic heterocycles. The van der Waals surface area contributed by atoms with Crippen LogP contribution in [-0.4, -0.2) is 26.0 Å². The summed E-state index contributed by atoms with van der Waals surface area (Å²) in [5, 5.41) is 5.45. The maximum Gasteiger partial charge on any atom is 0.320 e. The van der Waals surface area contributed by atoms with Gasteiger partial charge in [0.15, 0.2) is 0 Å². The van der Waals surface area contributed by atoms with Crippen LogP contribution in [0.5, 0.6) is 0 Å². The number of nitrogens with one attached hydrogen (secondary N) is 2. The van der Waals surface area contributed by atoms with E-state index in [1.807, 2.05) is 0 Å². The molecule has 0 fully saturated rings. The van der Waals surface area contributed by atoms with Gasteiger partial charge in [0.2, 0.25) is 0 Å². The van der Waals surface area contributed by atoms with Crippen LogP contribution in [-0.2, 0) is 6.54 Å². The highest BCUT2D eigenvalue weighted by Gasteiger charge is 2.03. The van der Waals surface area contributed by atoms with Crippen LogP contribution < -0.4 is 10.6 Å². The monoisotopic (exact) mass is 264 g/mol. The van der Waals surface area contributed by atoms with Gasteiger partial charge < -0.3 is 5.32 Å². The van der Waals surface area contributed by atoms with Gasteiger partial charge >= 0.3 is 6.03 Å². The van der Waals surface area contributed by atoms with E-state index in [0.717, 1.165) is 0 Å². The molecule has 0 unspecified atom stereocenters. The van der Waals surface area contributed by atoms with Crippen LogP contribution in [0.2, 0.25) is 5.15 Å². The van der Waals surface area contributed by atoms with E-state index >= 15 is 0 Å². The third kappa shape index (κ3) is 3.63. The highest BCUT2D eigenvalue weighted by molar-refractivity contribution is 6.29. The maximum absolute atomic E-state index is 11.5. The van der Waals surface area contributed by atoms with E-state index in [1.165, 1.54) is 18.7 Å². The zero-order chi connectivity index (χ0) is 12.8. The second-order valence-corrected chi connectivity index (χ2v) is 3.59. The van der Waals surface area contributed by atoms with Crippen molar-refractivity contribution in [2.24, 2.45) is 0 Å². The van der Waals surface area contributed by atoms with Crippen molar-refractivity contribution in [1.29, 1.82) is 0 Å². The molecule has 0 saturated carbocycles. The summed E-state index contributed by atoms with van der Waals surface area (Å²) < 4.78 is 0. The van der Waals surface area contributed by atoms with Gasteiger partial charge in [-0.05, 0) is 12.1 Å². The van der Waals surface area contributed by atoms with Crippen molar-refractivity contribution in [3.8, 4) is 0 Å². The highest BCUT2D eigenvalue weighted by atomic mass is 35.5. The summed E-state index contributed by atoms with van der Waals surface area (Å²) in [5.41, 5.74) is 0. The van der Waals surface area contributed by atoms with Gasteiger partial charge in [-0.3, -0.25) is 5.32 Å². The Morgan fingerprint density at radius 2 is 2.17 bits per heavy atom. The van der Waals surface area contributed by atoms with Crippen molar-refractivity contribution in [2.45, 2.75) is 6.54 Å². The molecule has 0 aromatic carbocycles. The van der Waals surface area contributed by atoms with Gasteiger partial charge in [-0.2, -0.15) is 0 Å². The zero-order valence-electron chi connectivity index (χ0n) is 9.17. The first kappa shape index (κ1) is 12.2. The third-order valence-corrected chi connectivity index (χ3v) is 2.11. The number of amides is 2. The summed E-state index contributed by atoms with van der Waals surface area (Å²) in [7, 11) is 0. The summed E-state index contributed by atoms with van der Waals surface area (Å²) in [6, 6.07) is 2.74. The lowest BCUT2D eigenvalue weighted by atomic mass is 10.5. The second kappa shape index (κ2) is 5.87. The van der Waals surface area contributed by atoms with Gasteiger partial charge in [0.05, 0.1) is 6.54 Å². The van der Waals surface area contributed by atoms with E-state index < -0.39 is 6.03 Å². The van der Waals surface area contributed by atoms with Gasteiger partial charge in [-0.25, -0.2) is 24.7 Å². The molecular weight excluding hydrogens is 256 g/mol. The fourth-order valence-electron chi connectivity index (χ4n) is 1.14. The quantitative estimate of drug-likeness (QED) is 0.814. The number of anilines is 1. The fraction of sp³-hybridized carbons (Fsp3) is 0.100. The largest absolute Gasteiger partial charge is 0.331 e. The van der Waals surface area contributed by atoms with E-state index in [4.69, 9.17) is 11.6 Å². The molecule has 0 saturated heterocycles. The number of nitrogens with zero attached hydrogens (tertiary/aromatic N) is 4. The minimum Gasteiger partial charge on any atom is -0.331 e. The van der Waals surface area contributed by atoms with E-state index in [1.54, 1.807) is 12.1 Å². The molecule has 8 heteroatoms. The Hall–Kier alpha value is -2.28. The fourth-order valence-corrected chi connectivity index (χ4v) is 1.30. The Labute approximate surface area is 108 Å². The Bertz CT molecular complexity index is 535. The van der Waals surface area contributed by atoms with Gasteiger partial charge in [-0.15, -0.1) is 0 Å². The molecule has 0 aliphatic rings. The first-order valence-electron chi connectivity index (χ1n) is 5.02. The molecule has 2 amide bonds. The molecule has 0 bridgehead atoms. The topological polar surface area (TPSA) is 92.7 Å². The third-order valence-electron chi connectivity index (χ3n) is 1.90. The standard InChI is InChI=1S/C10H9ClN6O/c11-7-1-4-13-9(16-7)5-14-10(18)17-8-2-3-12-6-15-8/h1-4,6H,5H2,(H2,12,14,15,17,18). The van der Waals surface area contributed by atoms with Gasteiger partial charge in [0, 0.05) is 12.4 Å². The van der Waals surface area contributed by atoms with Crippen LogP contribution in [0.25, 0.3) is 0 Å². The first-order valence-corrected chi connectivity index (χ1v) is 5.40. The normalized spacial score (nSPS) is 9.83. The number of aromatic nitrogens is 4. The van der Waals surface area contributed by atoms with Crippen molar-refractivity contribution in [3.05, 3.63) is 41.8 Å². The highest BCUT2D eigenvalue weighted by Crippen LogP contribution is 2.02. The minimum absolute atomic E-state index is 0.178. The van der Waals surface area contributed by atoms with E-state index in [-0.39, 0.29) is 6.54 Å². The molecular formula is C10H9ClN6O. The van der Waals surface area contributed by atoms with Gasteiger partial charge in [0.25, 0.3) is 0 Å². The number of hydrogen-bond acceptors (Lipinski definition) is 5. The van der Waals surface area contributed by atoms with Crippen molar-refractivity contribution in [1.82, 2.24) is 25.3 Å². The Kier molecular flexibility index (Phi) is 3.98. The molecule has 0 atom stereocenters. The van der Waals surface area contributed by atoms with Crippen molar-refractivity contribution < 1.29 is 4.79 Å². The lowest BCUT2D eigenvalue weighted by Crippen LogP contribution is -2.29. The molecule has 0 radical (unpaired) electrons. The van der Waals surface area contributed by atoms with E-state index in [2.05, 4.69) is 30.6 Å². The van der Waals surface area contributed by atoms with Crippen LogP contribution in [0, 0.1) is 0 Å². The Morgan fingerprint density at radius 3 is 2.89 bits per heavy atom. The summed E-state index contributed by atoms with van der Waals surface area (Å²) in [4.78, 5) is 27.0. The second-order valence-electron chi connectivity index (χ2n) is 3.20. The molecule has 0 aliphatic carbocycles. The van der Waals surface area contributed by atoms with Crippen LogP contribution in [0.4, 0.5) is 10.6 Å². The van der Waals surface area contributed by atoms with Crippen molar-refractivity contribution >= 4 is 23.4 Å².